The van der Waals surface area contributed by atoms with Crippen LogP contribution in [0.3, 0.4) is 0 Å². The molecule has 25 heavy (non-hydrogen) atoms. The van der Waals surface area contributed by atoms with E-state index in [1.54, 1.807) is 4.90 Å². The first-order valence-electron chi connectivity index (χ1n) is 8.94. The van der Waals surface area contributed by atoms with Gasteiger partial charge in [0, 0.05) is 20.1 Å². The van der Waals surface area contributed by atoms with E-state index in [4.69, 9.17) is 4.74 Å². The van der Waals surface area contributed by atoms with Crippen LogP contribution in [0.2, 0.25) is 0 Å². The summed E-state index contributed by atoms with van der Waals surface area (Å²) in [7, 11) is 1.82. The van der Waals surface area contributed by atoms with E-state index in [-0.39, 0.29) is 11.7 Å². The summed E-state index contributed by atoms with van der Waals surface area (Å²) in [5.41, 5.74) is 3.47. The Hall–Kier alpha value is -2.33. The van der Waals surface area contributed by atoms with Gasteiger partial charge in [0.1, 0.15) is 5.60 Å². The van der Waals surface area contributed by atoms with Crippen LogP contribution < -0.4 is 0 Å². The van der Waals surface area contributed by atoms with E-state index in [1.165, 1.54) is 16.7 Å². The molecule has 2 heterocycles. The molecule has 1 atom stereocenters. The van der Waals surface area contributed by atoms with E-state index >= 15 is 0 Å². The van der Waals surface area contributed by atoms with Gasteiger partial charge in [0.25, 0.3) is 0 Å². The van der Waals surface area contributed by atoms with Crippen LogP contribution in [0.1, 0.15) is 18.4 Å². The molecule has 0 saturated carbocycles. The van der Waals surface area contributed by atoms with Crippen molar-refractivity contribution >= 4 is 6.09 Å². The topological polar surface area (TPSA) is 32.8 Å². The lowest BCUT2D eigenvalue weighted by Gasteiger charge is -2.38. The minimum Gasteiger partial charge on any atom is -0.440 e. The summed E-state index contributed by atoms with van der Waals surface area (Å²) in [5, 5.41) is 0. The molecule has 2 aliphatic rings. The third kappa shape index (κ3) is 3.40. The number of carbonyl (C=O) groups excluding carboxylic acids is 1. The normalized spacial score (nSPS) is 23.9. The van der Waals surface area contributed by atoms with Crippen LogP contribution in [-0.4, -0.2) is 48.2 Å². The highest BCUT2D eigenvalue weighted by molar-refractivity contribution is 5.70. The number of likely N-dealkylation sites (tertiary alicyclic amines) is 1. The van der Waals surface area contributed by atoms with Gasteiger partial charge in [0.15, 0.2) is 0 Å². The molecule has 2 fully saturated rings. The summed E-state index contributed by atoms with van der Waals surface area (Å²) >= 11 is 0. The van der Waals surface area contributed by atoms with Crippen molar-refractivity contribution in [3.05, 3.63) is 60.2 Å². The largest absolute Gasteiger partial charge is 0.440 e. The molecule has 1 spiro atoms. The number of carbonyl (C=O) groups is 1. The van der Waals surface area contributed by atoms with Crippen molar-refractivity contribution in [3.8, 4) is 11.1 Å². The SMILES string of the molecule is CN1C[C@]2(CCCN(Cc3ccc(-c4ccccc4)cc3)C2)OC1=O. The van der Waals surface area contributed by atoms with Crippen LogP contribution in [-0.2, 0) is 11.3 Å². The predicted octanol–water partition coefficient (Wildman–Crippen LogP) is 3.77. The van der Waals surface area contributed by atoms with Gasteiger partial charge in [-0.05, 0) is 36.1 Å². The van der Waals surface area contributed by atoms with Crippen molar-refractivity contribution in [2.24, 2.45) is 0 Å². The van der Waals surface area contributed by atoms with Gasteiger partial charge in [-0.2, -0.15) is 0 Å². The van der Waals surface area contributed by atoms with Crippen molar-refractivity contribution < 1.29 is 9.53 Å². The first-order valence-corrected chi connectivity index (χ1v) is 8.94. The zero-order valence-electron chi connectivity index (χ0n) is 14.6. The molecular formula is C21H24N2O2. The number of likely N-dealkylation sites (N-methyl/N-ethyl adjacent to an activating group) is 1. The summed E-state index contributed by atoms with van der Waals surface area (Å²) in [4.78, 5) is 15.9. The average molecular weight is 336 g/mol. The average Bonchev–Trinajstić information content (AvgIpc) is 2.89. The predicted molar refractivity (Wildman–Crippen MR) is 98.2 cm³/mol. The molecule has 2 aliphatic heterocycles. The summed E-state index contributed by atoms with van der Waals surface area (Å²) < 4.78 is 5.69. The second-order valence-electron chi connectivity index (χ2n) is 7.28. The van der Waals surface area contributed by atoms with E-state index in [2.05, 4.69) is 53.4 Å². The maximum atomic E-state index is 11.8. The molecule has 2 aromatic rings. The summed E-state index contributed by atoms with van der Waals surface area (Å²) in [6.07, 6.45) is 1.85. The van der Waals surface area contributed by atoms with Crippen LogP contribution in [0.25, 0.3) is 11.1 Å². The van der Waals surface area contributed by atoms with E-state index < -0.39 is 0 Å². The molecule has 0 radical (unpaired) electrons. The molecule has 4 rings (SSSR count). The van der Waals surface area contributed by atoms with Gasteiger partial charge < -0.3 is 9.64 Å². The lowest BCUT2D eigenvalue weighted by Crippen LogP contribution is -2.50. The van der Waals surface area contributed by atoms with Crippen molar-refractivity contribution in [2.75, 3.05) is 26.7 Å². The van der Waals surface area contributed by atoms with E-state index in [0.717, 1.165) is 32.5 Å². The zero-order valence-corrected chi connectivity index (χ0v) is 14.6. The van der Waals surface area contributed by atoms with Crippen molar-refractivity contribution in [3.63, 3.8) is 0 Å². The number of nitrogens with zero attached hydrogens (tertiary/aromatic N) is 2. The van der Waals surface area contributed by atoms with E-state index in [9.17, 15) is 4.79 Å². The van der Waals surface area contributed by atoms with Crippen molar-refractivity contribution in [1.82, 2.24) is 9.80 Å². The first-order chi connectivity index (χ1) is 12.1. The van der Waals surface area contributed by atoms with Gasteiger partial charge in [-0.15, -0.1) is 0 Å². The minimum absolute atomic E-state index is 0.186. The van der Waals surface area contributed by atoms with Crippen LogP contribution in [0, 0.1) is 0 Å². The summed E-state index contributed by atoms with van der Waals surface area (Å²) in [6.45, 7) is 3.49. The number of benzene rings is 2. The number of hydrogen-bond donors (Lipinski definition) is 0. The summed E-state index contributed by atoms with van der Waals surface area (Å²) in [6, 6.07) is 19.2. The summed E-state index contributed by atoms with van der Waals surface area (Å²) in [5.74, 6) is 0. The Morgan fingerprint density at radius 1 is 1.00 bits per heavy atom. The molecule has 0 unspecified atom stereocenters. The highest BCUT2D eigenvalue weighted by atomic mass is 16.6. The second kappa shape index (κ2) is 6.52. The van der Waals surface area contributed by atoms with Crippen LogP contribution in [0.5, 0.6) is 0 Å². The zero-order chi connectivity index (χ0) is 17.3. The fourth-order valence-corrected chi connectivity index (χ4v) is 4.02. The van der Waals surface area contributed by atoms with Crippen LogP contribution >= 0.6 is 0 Å². The molecule has 2 aromatic carbocycles. The number of rotatable bonds is 3. The Bertz CT molecular complexity index is 744. The molecule has 0 N–H and O–H groups in total. The van der Waals surface area contributed by atoms with Crippen LogP contribution in [0.4, 0.5) is 4.79 Å². The Labute approximate surface area is 149 Å². The lowest BCUT2D eigenvalue weighted by atomic mass is 9.92. The Balaban J connectivity index is 1.43. The smallest absolute Gasteiger partial charge is 0.410 e. The Morgan fingerprint density at radius 3 is 2.40 bits per heavy atom. The van der Waals surface area contributed by atoms with Gasteiger partial charge in [0.2, 0.25) is 0 Å². The lowest BCUT2D eigenvalue weighted by molar-refractivity contribution is -0.0113. The highest BCUT2D eigenvalue weighted by Crippen LogP contribution is 2.32. The monoisotopic (exact) mass is 336 g/mol. The third-order valence-corrected chi connectivity index (χ3v) is 5.23. The van der Waals surface area contributed by atoms with Crippen molar-refractivity contribution in [1.29, 1.82) is 0 Å². The molecule has 0 aromatic heterocycles. The molecule has 4 nitrogen and oxygen atoms in total. The number of ether oxygens (including phenoxy) is 1. The molecule has 2 saturated heterocycles. The van der Waals surface area contributed by atoms with Gasteiger partial charge in [-0.25, -0.2) is 4.79 Å². The van der Waals surface area contributed by atoms with Crippen molar-refractivity contribution in [2.45, 2.75) is 25.0 Å². The van der Waals surface area contributed by atoms with Gasteiger partial charge in [-0.1, -0.05) is 54.6 Å². The maximum Gasteiger partial charge on any atom is 0.410 e. The van der Waals surface area contributed by atoms with Crippen LogP contribution in [0.15, 0.2) is 54.6 Å². The standard InChI is InChI=1S/C21H24N2O2/c1-22-15-21(25-20(22)24)12-5-13-23(16-21)14-17-8-10-19(11-9-17)18-6-3-2-4-7-18/h2-4,6-11H,5,12-16H2,1H3/t21-/m0/s1. The maximum absolute atomic E-state index is 11.8. The van der Waals surface area contributed by atoms with Gasteiger partial charge in [-0.3, -0.25) is 4.90 Å². The Morgan fingerprint density at radius 2 is 1.72 bits per heavy atom. The quantitative estimate of drug-likeness (QED) is 0.855. The molecule has 0 bridgehead atoms. The second-order valence-corrected chi connectivity index (χ2v) is 7.28. The highest BCUT2D eigenvalue weighted by Gasteiger charge is 2.46. The fraction of sp³-hybridized carbons (Fsp3) is 0.381. The van der Waals surface area contributed by atoms with E-state index in [0.29, 0.717) is 6.54 Å². The minimum atomic E-state index is -0.311. The Kier molecular flexibility index (Phi) is 4.22. The first kappa shape index (κ1) is 16.2. The number of amides is 1. The fourth-order valence-electron chi connectivity index (χ4n) is 4.02. The van der Waals surface area contributed by atoms with Gasteiger partial charge in [0.05, 0.1) is 6.54 Å². The molecule has 4 heteroatoms. The number of hydrogen-bond acceptors (Lipinski definition) is 3. The number of piperidine rings is 1. The molecule has 1 amide bonds. The molecule has 130 valence electrons. The third-order valence-electron chi connectivity index (χ3n) is 5.23. The van der Waals surface area contributed by atoms with Gasteiger partial charge >= 0.3 is 6.09 Å². The molecule has 0 aliphatic carbocycles. The van der Waals surface area contributed by atoms with E-state index in [1.807, 2.05) is 13.1 Å². The molecular weight excluding hydrogens is 312 g/mol.